The Labute approximate surface area is 171 Å². The highest BCUT2D eigenvalue weighted by atomic mass is 79.9. The van der Waals surface area contributed by atoms with Gasteiger partial charge in [-0.05, 0) is 74.7 Å². The van der Waals surface area contributed by atoms with E-state index in [0.717, 1.165) is 39.2 Å². The van der Waals surface area contributed by atoms with Crippen molar-refractivity contribution in [1.29, 1.82) is 0 Å². The summed E-state index contributed by atoms with van der Waals surface area (Å²) in [6.45, 7) is 4.41. The van der Waals surface area contributed by atoms with Crippen molar-refractivity contribution < 1.29 is 13.8 Å². The Morgan fingerprint density at radius 1 is 1.22 bits per heavy atom. The zero-order chi connectivity index (χ0) is 19.3. The van der Waals surface area contributed by atoms with Crippen molar-refractivity contribution in [2.75, 3.05) is 11.9 Å². The highest BCUT2D eigenvalue weighted by Crippen LogP contribution is 2.39. The van der Waals surface area contributed by atoms with Crippen LogP contribution in [-0.2, 0) is 14.5 Å². The number of unbranched alkanes of at least 4 members (excludes halogenated alkanes) is 1. The molecule has 0 aliphatic carbocycles. The summed E-state index contributed by atoms with van der Waals surface area (Å²) < 4.78 is 12.0. The van der Waals surface area contributed by atoms with Gasteiger partial charge in [0.2, 0.25) is 5.91 Å². The summed E-state index contributed by atoms with van der Waals surface area (Å²) in [4.78, 5) is 13.0. The van der Waals surface area contributed by atoms with Crippen molar-refractivity contribution in [2.24, 2.45) is 5.16 Å². The van der Waals surface area contributed by atoms with Crippen molar-refractivity contribution in [3.05, 3.63) is 52.5 Å². The molecule has 1 heterocycles. The normalized spacial score (nSPS) is 14.9. The number of amides is 1. The summed E-state index contributed by atoms with van der Waals surface area (Å²) in [6, 6.07) is 13.5. The minimum atomic E-state index is -0.523. The number of fused-ring (bicyclic) bond motifs is 1. The second kappa shape index (κ2) is 8.80. The molecule has 0 fully saturated rings. The number of nitrogens with one attached hydrogen (secondary N) is 1. The van der Waals surface area contributed by atoms with E-state index in [0.29, 0.717) is 6.61 Å². The van der Waals surface area contributed by atoms with Crippen molar-refractivity contribution in [3.8, 4) is 5.75 Å². The average molecular weight is 449 g/mol. The molecule has 1 aliphatic heterocycles. The largest absolute Gasteiger partial charge is 0.494 e. The van der Waals surface area contributed by atoms with Gasteiger partial charge in [0.1, 0.15) is 17.8 Å². The smallest absolute Gasteiger partial charge is 0.234 e. The lowest BCUT2D eigenvalue weighted by atomic mass is 9.86. The van der Waals surface area contributed by atoms with Crippen LogP contribution in [0.5, 0.6) is 5.75 Å². The molecule has 0 saturated carbocycles. The molecule has 27 heavy (non-hydrogen) atoms. The van der Waals surface area contributed by atoms with E-state index in [-0.39, 0.29) is 5.91 Å². The monoisotopic (exact) mass is 448 g/mol. The Kier molecular flexibility index (Phi) is 6.44. The molecule has 1 aliphatic rings. The van der Waals surface area contributed by atoms with Gasteiger partial charge in [0.25, 0.3) is 0 Å². The summed E-state index contributed by atoms with van der Waals surface area (Å²) in [5.74, 6) is 0.796. The van der Waals surface area contributed by atoms with E-state index in [9.17, 15) is 4.79 Å². The summed E-state index contributed by atoms with van der Waals surface area (Å²) in [5, 5.41) is 6.83. The topological polar surface area (TPSA) is 59.9 Å². The number of nitrogens with zero attached hydrogens (tertiary/aromatic N) is 1. The van der Waals surface area contributed by atoms with Crippen LogP contribution in [0, 0.1) is 0 Å². The Bertz CT molecular complexity index is 838. The second-order valence-electron chi connectivity index (χ2n) is 6.68. The highest BCUT2D eigenvalue weighted by molar-refractivity contribution is 9.10. The molecule has 0 spiro atoms. The first-order valence-electron chi connectivity index (χ1n) is 8.67. The van der Waals surface area contributed by atoms with Crippen molar-refractivity contribution in [2.45, 2.75) is 37.0 Å². The lowest BCUT2D eigenvalue weighted by molar-refractivity contribution is -0.119. The van der Waals surface area contributed by atoms with Gasteiger partial charge in [0, 0.05) is 16.4 Å². The van der Waals surface area contributed by atoms with Crippen LogP contribution >= 0.6 is 28.0 Å². The van der Waals surface area contributed by atoms with Gasteiger partial charge in [0.15, 0.2) is 0 Å². The predicted molar refractivity (Wildman–Crippen MR) is 112 cm³/mol. The molecule has 1 amide bonds. The van der Waals surface area contributed by atoms with E-state index < -0.39 is 5.41 Å². The molecular weight excluding hydrogens is 428 g/mol. The van der Waals surface area contributed by atoms with Crippen molar-refractivity contribution in [3.63, 3.8) is 0 Å². The molecule has 2 aromatic rings. The number of oxime groups is 1. The maximum atomic E-state index is 12.0. The molecule has 0 unspecified atom stereocenters. The van der Waals surface area contributed by atoms with E-state index in [4.69, 9.17) is 9.02 Å². The van der Waals surface area contributed by atoms with Gasteiger partial charge in [-0.3, -0.25) is 4.79 Å². The number of anilines is 1. The van der Waals surface area contributed by atoms with Crippen LogP contribution in [-0.4, -0.2) is 18.7 Å². The fourth-order valence-electron chi connectivity index (χ4n) is 2.64. The maximum Gasteiger partial charge on any atom is 0.234 e. The average Bonchev–Trinajstić information content (AvgIpc) is 2.88. The van der Waals surface area contributed by atoms with E-state index >= 15 is 0 Å². The molecule has 2 aromatic carbocycles. The van der Waals surface area contributed by atoms with Crippen LogP contribution in [0.2, 0.25) is 0 Å². The van der Waals surface area contributed by atoms with Gasteiger partial charge < -0.3 is 14.3 Å². The number of carbonyl (C=O) groups is 1. The Hall–Kier alpha value is -1.99. The molecular formula is C20H21BrN2O3S. The number of halogens is 1. The molecule has 0 saturated heterocycles. The van der Waals surface area contributed by atoms with Crippen LogP contribution < -0.4 is 10.1 Å². The SMILES string of the molecule is CC1(C)C(=O)Nc2ccc(OCCCC=NOSc3ccc(Br)cc3)cc21. The summed E-state index contributed by atoms with van der Waals surface area (Å²) in [6.07, 6.45) is 3.33. The first-order valence-corrected chi connectivity index (χ1v) is 10.2. The third-order valence-electron chi connectivity index (χ3n) is 4.29. The van der Waals surface area contributed by atoms with Gasteiger partial charge in [-0.2, -0.15) is 0 Å². The Morgan fingerprint density at radius 2 is 2.00 bits per heavy atom. The minimum Gasteiger partial charge on any atom is -0.494 e. The molecule has 0 radical (unpaired) electrons. The number of rotatable bonds is 8. The van der Waals surface area contributed by atoms with E-state index in [2.05, 4.69) is 26.4 Å². The molecule has 1 N–H and O–H groups in total. The van der Waals surface area contributed by atoms with Crippen LogP contribution in [0.15, 0.2) is 57.0 Å². The fourth-order valence-corrected chi connectivity index (χ4v) is 3.34. The highest BCUT2D eigenvalue weighted by Gasteiger charge is 2.38. The Balaban J connectivity index is 1.37. The number of benzene rings is 2. The standard InChI is InChI=1S/C20H21BrN2O3S/c1-20(2)17-13-15(7-10-18(17)23-19(20)24)25-12-4-3-11-22-26-27-16-8-5-14(21)6-9-16/h5-11,13H,3-4,12H2,1-2H3,(H,23,24). The van der Waals surface area contributed by atoms with Gasteiger partial charge in [0.05, 0.1) is 16.9 Å². The van der Waals surface area contributed by atoms with Gasteiger partial charge >= 0.3 is 0 Å². The molecule has 0 aromatic heterocycles. The summed E-state index contributed by atoms with van der Waals surface area (Å²) in [7, 11) is 0. The van der Waals surface area contributed by atoms with E-state index in [1.165, 1.54) is 12.0 Å². The minimum absolute atomic E-state index is 0.0202. The van der Waals surface area contributed by atoms with E-state index in [1.807, 2.05) is 56.3 Å². The lowest BCUT2D eigenvalue weighted by Crippen LogP contribution is -2.26. The third kappa shape index (κ3) is 5.05. The molecule has 3 rings (SSSR count). The molecule has 5 nitrogen and oxygen atoms in total. The number of hydrogen-bond donors (Lipinski definition) is 1. The van der Waals surface area contributed by atoms with E-state index in [1.54, 1.807) is 6.21 Å². The van der Waals surface area contributed by atoms with Crippen LogP contribution in [0.3, 0.4) is 0 Å². The van der Waals surface area contributed by atoms with Crippen molar-refractivity contribution >= 4 is 45.8 Å². The first-order chi connectivity index (χ1) is 13.0. The maximum absolute atomic E-state index is 12.0. The fraction of sp³-hybridized carbons (Fsp3) is 0.300. The quantitative estimate of drug-likeness (QED) is 0.249. The molecule has 7 heteroatoms. The first kappa shape index (κ1) is 19.8. The lowest BCUT2D eigenvalue weighted by Gasteiger charge is -2.16. The third-order valence-corrected chi connectivity index (χ3v) is 5.45. The van der Waals surface area contributed by atoms with Gasteiger partial charge in [-0.1, -0.05) is 21.1 Å². The van der Waals surface area contributed by atoms with Crippen LogP contribution in [0.25, 0.3) is 0 Å². The van der Waals surface area contributed by atoms with Crippen LogP contribution in [0.1, 0.15) is 32.3 Å². The zero-order valence-electron chi connectivity index (χ0n) is 15.2. The van der Waals surface area contributed by atoms with Crippen molar-refractivity contribution in [1.82, 2.24) is 0 Å². The summed E-state index contributed by atoms with van der Waals surface area (Å²) in [5.41, 5.74) is 1.32. The van der Waals surface area contributed by atoms with Gasteiger partial charge in [-0.15, -0.1) is 0 Å². The number of ether oxygens (including phenoxy) is 1. The predicted octanol–water partition coefficient (Wildman–Crippen LogP) is 5.55. The van der Waals surface area contributed by atoms with Crippen LogP contribution in [0.4, 0.5) is 5.69 Å². The second-order valence-corrected chi connectivity index (χ2v) is 8.38. The molecule has 0 bridgehead atoms. The number of hydrogen-bond acceptors (Lipinski definition) is 5. The summed E-state index contributed by atoms with van der Waals surface area (Å²) >= 11 is 4.61. The zero-order valence-corrected chi connectivity index (χ0v) is 17.6. The number of carbonyl (C=O) groups excluding carboxylic acids is 1. The molecule has 142 valence electrons. The molecule has 0 atom stereocenters. The Morgan fingerprint density at radius 3 is 2.78 bits per heavy atom. The van der Waals surface area contributed by atoms with Gasteiger partial charge in [-0.25, -0.2) is 0 Å².